The Labute approximate surface area is 109 Å². The second-order valence-corrected chi connectivity index (χ2v) is 4.27. The van der Waals surface area contributed by atoms with Crippen molar-refractivity contribution < 1.29 is 23.6 Å². The Morgan fingerprint density at radius 2 is 2.22 bits per heavy atom. The van der Waals surface area contributed by atoms with E-state index in [4.69, 9.17) is 9.84 Å². The summed E-state index contributed by atoms with van der Waals surface area (Å²) < 4.78 is 23.7. The van der Waals surface area contributed by atoms with Gasteiger partial charge in [0.05, 0.1) is 7.11 Å². The summed E-state index contributed by atoms with van der Waals surface area (Å²) >= 11 is 3.14. The fourth-order valence-electron chi connectivity index (χ4n) is 1.46. The number of rotatable bonds is 3. The van der Waals surface area contributed by atoms with Crippen LogP contribution in [0.5, 0.6) is 5.75 Å². The second kappa shape index (κ2) is 4.77. The number of hydrogen-bond donors (Lipinski definition) is 1. The van der Waals surface area contributed by atoms with Crippen molar-refractivity contribution in [3.63, 3.8) is 0 Å². The summed E-state index contributed by atoms with van der Waals surface area (Å²) in [4.78, 5) is 10.7. The van der Waals surface area contributed by atoms with Crippen LogP contribution in [-0.4, -0.2) is 23.3 Å². The molecule has 0 spiro atoms. The van der Waals surface area contributed by atoms with Gasteiger partial charge in [0.15, 0.2) is 11.6 Å². The fraction of sp³-hybridized carbons (Fsp3) is 0.0909. The Balaban J connectivity index is 2.58. The highest BCUT2D eigenvalue weighted by atomic mass is 79.9. The van der Waals surface area contributed by atoms with Crippen LogP contribution in [0.25, 0.3) is 11.3 Å². The van der Waals surface area contributed by atoms with Crippen molar-refractivity contribution in [2.24, 2.45) is 0 Å². The van der Waals surface area contributed by atoms with E-state index < -0.39 is 11.8 Å². The lowest BCUT2D eigenvalue weighted by Gasteiger charge is -2.07. The Hall–Kier alpha value is -1.89. The van der Waals surface area contributed by atoms with Gasteiger partial charge in [-0.1, -0.05) is 21.1 Å². The fourth-order valence-corrected chi connectivity index (χ4v) is 1.89. The van der Waals surface area contributed by atoms with Crippen molar-refractivity contribution in [3.05, 3.63) is 34.2 Å². The maximum atomic E-state index is 13.6. The molecular weight excluding hydrogens is 309 g/mol. The number of aromatic nitrogens is 1. The molecule has 0 bridgehead atoms. The van der Waals surface area contributed by atoms with Gasteiger partial charge in [0.2, 0.25) is 5.76 Å². The molecule has 2 rings (SSSR count). The normalized spacial score (nSPS) is 10.4. The minimum Gasteiger partial charge on any atom is -0.493 e. The zero-order valence-corrected chi connectivity index (χ0v) is 10.7. The van der Waals surface area contributed by atoms with Gasteiger partial charge in [-0.15, -0.1) is 0 Å². The molecule has 0 amide bonds. The highest BCUT2D eigenvalue weighted by Crippen LogP contribution is 2.34. The van der Waals surface area contributed by atoms with Crippen LogP contribution < -0.4 is 4.74 Å². The molecule has 0 saturated heterocycles. The summed E-state index contributed by atoms with van der Waals surface area (Å²) in [6, 6.07) is 4.00. The summed E-state index contributed by atoms with van der Waals surface area (Å²) in [5.41, 5.74) is 0.491. The zero-order chi connectivity index (χ0) is 13.3. The van der Waals surface area contributed by atoms with Crippen molar-refractivity contribution in [1.29, 1.82) is 0 Å². The molecule has 0 atom stereocenters. The third-order valence-electron chi connectivity index (χ3n) is 2.21. The number of carboxylic acid groups (broad SMARTS) is 1. The van der Waals surface area contributed by atoms with Crippen LogP contribution in [0.1, 0.15) is 10.6 Å². The van der Waals surface area contributed by atoms with Crippen molar-refractivity contribution in [2.75, 3.05) is 7.11 Å². The second-order valence-electron chi connectivity index (χ2n) is 3.35. The van der Waals surface area contributed by atoms with Gasteiger partial charge < -0.3 is 14.4 Å². The quantitative estimate of drug-likeness (QED) is 0.942. The molecule has 0 fully saturated rings. The number of halogens is 2. The lowest BCUT2D eigenvalue weighted by atomic mass is 10.1. The molecule has 0 unspecified atom stereocenters. The van der Waals surface area contributed by atoms with Crippen LogP contribution in [0.4, 0.5) is 4.39 Å². The molecule has 2 aromatic rings. The molecule has 1 aromatic heterocycles. The van der Waals surface area contributed by atoms with E-state index in [0.717, 1.165) is 0 Å². The average Bonchev–Trinajstić information content (AvgIpc) is 2.77. The maximum absolute atomic E-state index is 13.6. The maximum Gasteiger partial charge on any atom is 0.374 e. The molecular formula is C11H7BrFNO4. The first-order chi connectivity index (χ1) is 8.52. The molecule has 94 valence electrons. The van der Waals surface area contributed by atoms with E-state index in [1.54, 1.807) is 6.07 Å². The van der Waals surface area contributed by atoms with Crippen molar-refractivity contribution in [1.82, 2.24) is 5.16 Å². The molecule has 0 saturated carbocycles. The third kappa shape index (κ3) is 2.21. The Bertz CT molecular complexity index is 611. The van der Waals surface area contributed by atoms with E-state index in [0.29, 0.717) is 10.0 Å². The predicted octanol–water partition coefficient (Wildman–Crippen LogP) is 2.95. The smallest absolute Gasteiger partial charge is 0.374 e. The van der Waals surface area contributed by atoms with Crippen molar-refractivity contribution in [3.8, 4) is 17.0 Å². The minimum atomic E-state index is -1.25. The van der Waals surface area contributed by atoms with Gasteiger partial charge in [0.25, 0.3) is 0 Å². The van der Waals surface area contributed by atoms with E-state index in [1.165, 1.54) is 19.2 Å². The SMILES string of the molecule is COc1c(F)cc(Br)cc1-c1cc(C(=O)O)on1. The monoisotopic (exact) mass is 315 g/mol. The van der Waals surface area contributed by atoms with E-state index >= 15 is 0 Å². The summed E-state index contributed by atoms with van der Waals surface area (Å²) in [6.07, 6.45) is 0. The van der Waals surface area contributed by atoms with Crippen LogP contribution in [0.2, 0.25) is 0 Å². The summed E-state index contributed by atoms with van der Waals surface area (Å²) in [5.74, 6) is -2.18. The van der Waals surface area contributed by atoms with Crippen LogP contribution in [-0.2, 0) is 0 Å². The van der Waals surface area contributed by atoms with Gasteiger partial charge >= 0.3 is 5.97 Å². The van der Waals surface area contributed by atoms with Gasteiger partial charge in [0, 0.05) is 16.1 Å². The number of carboxylic acids is 1. The summed E-state index contributed by atoms with van der Waals surface area (Å²) in [5, 5.41) is 12.3. The molecule has 7 heteroatoms. The van der Waals surface area contributed by atoms with Crippen molar-refractivity contribution in [2.45, 2.75) is 0 Å². The first-order valence-electron chi connectivity index (χ1n) is 4.76. The summed E-state index contributed by atoms with van der Waals surface area (Å²) in [6.45, 7) is 0. The number of aromatic carboxylic acids is 1. The summed E-state index contributed by atoms with van der Waals surface area (Å²) in [7, 11) is 1.31. The highest BCUT2D eigenvalue weighted by Gasteiger charge is 2.18. The molecule has 18 heavy (non-hydrogen) atoms. The minimum absolute atomic E-state index is 0.0246. The largest absolute Gasteiger partial charge is 0.493 e. The standard InChI is InChI=1S/C11H7BrFNO4/c1-17-10-6(2-5(12)3-7(10)13)8-4-9(11(15)16)18-14-8/h2-4H,1H3,(H,15,16). The molecule has 0 aliphatic heterocycles. The Morgan fingerprint density at radius 3 is 2.78 bits per heavy atom. The topological polar surface area (TPSA) is 72.6 Å². The molecule has 5 nitrogen and oxygen atoms in total. The number of nitrogens with zero attached hydrogens (tertiary/aromatic N) is 1. The van der Waals surface area contributed by atoms with E-state index in [2.05, 4.69) is 25.6 Å². The number of hydrogen-bond acceptors (Lipinski definition) is 4. The highest BCUT2D eigenvalue weighted by molar-refractivity contribution is 9.10. The number of methoxy groups -OCH3 is 1. The predicted molar refractivity (Wildman–Crippen MR) is 63.1 cm³/mol. The molecule has 0 radical (unpaired) electrons. The van der Waals surface area contributed by atoms with E-state index in [-0.39, 0.29) is 17.2 Å². The van der Waals surface area contributed by atoms with Crippen LogP contribution in [0.15, 0.2) is 27.2 Å². The van der Waals surface area contributed by atoms with Crippen LogP contribution in [0, 0.1) is 5.82 Å². The number of benzene rings is 1. The van der Waals surface area contributed by atoms with Gasteiger partial charge in [-0.05, 0) is 12.1 Å². The molecule has 0 aliphatic carbocycles. The van der Waals surface area contributed by atoms with Gasteiger partial charge in [-0.25, -0.2) is 9.18 Å². The van der Waals surface area contributed by atoms with Gasteiger partial charge in [-0.2, -0.15) is 0 Å². The molecule has 1 heterocycles. The Morgan fingerprint density at radius 1 is 1.50 bits per heavy atom. The third-order valence-corrected chi connectivity index (χ3v) is 2.67. The number of carbonyl (C=O) groups is 1. The lowest BCUT2D eigenvalue weighted by molar-refractivity contribution is 0.0652. The average molecular weight is 316 g/mol. The molecule has 0 aliphatic rings. The van der Waals surface area contributed by atoms with E-state index in [1.807, 2.05) is 0 Å². The Kier molecular flexibility index (Phi) is 3.33. The zero-order valence-electron chi connectivity index (χ0n) is 9.11. The lowest BCUT2D eigenvalue weighted by Crippen LogP contribution is -1.93. The first kappa shape index (κ1) is 12.6. The first-order valence-corrected chi connectivity index (χ1v) is 5.55. The molecule has 1 aromatic carbocycles. The van der Waals surface area contributed by atoms with Crippen molar-refractivity contribution >= 4 is 21.9 Å². The van der Waals surface area contributed by atoms with Gasteiger partial charge in [-0.3, -0.25) is 0 Å². The van der Waals surface area contributed by atoms with Crippen LogP contribution in [0.3, 0.4) is 0 Å². The number of ether oxygens (including phenoxy) is 1. The van der Waals surface area contributed by atoms with Crippen LogP contribution >= 0.6 is 15.9 Å². The van der Waals surface area contributed by atoms with E-state index in [9.17, 15) is 9.18 Å². The van der Waals surface area contributed by atoms with Gasteiger partial charge in [0.1, 0.15) is 5.69 Å². The molecule has 1 N–H and O–H groups in total.